The molecule has 2 atom stereocenters. The standard InChI is InChI=1S/C16H23FN2O2/c1-16(2,3)21-15(20)19-10-11(9-17)8-14(19)12-6-4-5-7-13(12)18/h4-7,11,14H,8-10,18H2,1-3H3. The van der Waals surface area contributed by atoms with Gasteiger partial charge in [0, 0.05) is 18.2 Å². The Hall–Kier alpha value is -1.78. The topological polar surface area (TPSA) is 55.6 Å². The maximum absolute atomic E-state index is 13.1. The summed E-state index contributed by atoms with van der Waals surface area (Å²) in [6.45, 7) is 5.38. The summed E-state index contributed by atoms with van der Waals surface area (Å²) >= 11 is 0. The van der Waals surface area contributed by atoms with Crippen molar-refractivity contribution >= 4 is 11.8 Å². The van der Waals surface area contributed by atoms with Crippen LogP contribution in [0.2, 0.25) is 0 Å². The molecule has 0 aromatic heterocycles. The zero-order valence-electron chi connectivity index (χ0n) is 12.8. The van der Waals surface area contributed by atoms with Crippen LogP contribution in [0.4, 0.5) is 14.9 Å². The second-order valence-electron chi connectivity index (χ2n) is 6.53. The van der Waals surface area contributed by atoms with Gasteiger partial charge in [0.25, 0.3) is 0 Å². The van der Waals surface area contributed by atoms with Crippen molar-refractivity contribution in [3.05, 3.63) is 29.8 Å². The molecule has 1 aromatic rings. The number of halogens is 1. The summed E-state index contributed by atoms with van der Waals surface area (Å²) in [5, 5.41) is 0. The van der Waals surface area contributed by atoms with Crippen LogP contribution in [0.1, 0.15) is 38.8 Å². The van der Waals surface area contributed by atoms with Gasteiger partial charge in [-0.2, -0.15) is 0 Å². The Labute approximate surface area is 125 Å². The molecule has 5 heteroatoms. The monoisotopic (exact) mass is 294 g/mol. The van der Waals surface area contributed by atoms with Crippen LogP contribution in [-0.2, 0) is 4.74 Å². The van der Waals surface area contributed by atoms with Gasteiger partial charge in [-0.05, 0) is 38.8 Å². The first kappa shape index (κ1) is 15.6. The number of alkyl halides is 1. The first-order chi connectivity index (χ1) is 9.81. The lowest BCUT2D eigenvalue weighted by Gasteiger charge is -2.29. The molecule has 1 aliphatic heterocycles. The van der Waals surface area contributed by atoms with Crippen molar-refractivity contribution in [2.75, 3.05) is 19.0 Å². The van der Waals surface area contributed by atoms with Gasteiger partial charge in [0.2, 0.25) is 0 Å². The SMILES string of the molecule is CC(C)(C)OC(=O)N1CC(CF)CC1c1ccccc1N. The first-order valence-electron chi connectivity index (χ1n) is 7.22. The third-order valence-corrected chi connectivity index (χ3v) is 3.59. The average Bonchev–Trinajstić information content (AvgIpc) is 2.81. The summed E-state index contributed by atoms with van der Waals surface area (Å²) in [4.78, 5) is 14.0. The van der Waals surface area contributed by atoms with E-state index in [9.17, 15) is 9.18 Å². The molecule has 2 unspecified atom stereocenters. The van der Waals surface area contributed by atoms with Crippen molar-refractivity contribution in [1.82, 2.24) is 4.90 Å². The third kappa shape index (κ3) is 3.65. The Morgan fingerprint density at radius 2 is 2.10 bits per heavy atom. The van der Waals surface area contributed by atoms with Crippen LogP contribution in [0.15, 0.2) is 24.3 Å². The average molecular weight is 294 g/mol. The van der Waals surface area contributed by atoms with Gasteiger partial charge in [0.15, 0.2) is 0 Å². The molecule has 1 fully saturated rings. The van der Waals surface area contributed by atoms with Gasteiger partial charge >= 0.3 is 6.09 Å². The molecule has 2 rings (SSSR count). The summed E-state index contributed by atoms with van der Waals surface area (Å²) < 4.78 is 18.5. The van der Waals surface area contributed by atoms with Crippen molar-refractivity contribution in [3.63, 3.8) is 0 Å². The number of amides is 1. The minimum atomic E-state index is -0.572. The summed E-state index contributed by atoms with van der Waals surface area (Å²) in [5.74, 6) is -0.165. The van der Waals surface area contributed by atoms with E-state index >= 15 is 0 Å². The molecule has 0 bridgehead atoms. The first-order valence-corrected chi connectivity index (χ1v) is 7.22. The molecule has 2 N–H and O–H groups in total. The van der Waals surface area contributed by atoms with E-state index < -0.39 is 18.4 Å². The van der Waals surface area contributed by atoms with Crippen LogP contribution in [0, 0.1) is 5.92 Å². The van der Waals surface area contributed by atoms with Crippen molar-refractivity contribution in [3.8, 4) is 0 Å². The molecule has 1 aromatic carbocycles. The highest BCUT2D eigenvalue weighted by molar-refractivity contribution is 5.70. The van der Waals surface area contributed by atoms with Gasteiger partial charge in [-0.3, -0.25) is 4.39 Å². The van der Waals surface area contributed by atoms with Crippen LogP contribution < -0.4 is 5.73 Å². The number of carbonyl (C=O) groups is 1. The second-order valence-corrected chi connectivity index (χ2v) is 6.53. The van der Waals surface area contributed by atoms with E-state index in [2.05, 4.69) is 0 Å². The fraction of sp³-hybridized carbons (Fsp3) is 0.562. The normalized spacial score (nSPS) is 22.4. The number of anilines is 1. The minimum Gasteiger partial charge on any atom is -0.444 e. The Balaban J connectivity index is 2.25. The Kier molecular flexibility index (Phi) is 4.40. The van der Waals surface area contributed by atoms with E-state index in [0.717, 1.165) is 5.56 Å². The van der Waals surface area contributed by atoms with Crippen LogP contribution >= 0.6 is 0 Å². The molecule has 1 heterocycles. The molecule has 116 valence electrons. The van der Waals surface area contributed by atoms with Gasteiger partial charge in [-0.15, -0.1) is 0 Å². The van der Waals surface area contributed by atoms with Crippen LogP contribution in [-0.4, -0.2) is 29.8 Å². The van der Waals surface area contributed by atoms with E-state index in [1.165, 1.54) is 0 Å². The van der Waals surface area contributed by atoms with E-state index in [1.54, 1.807) is 11.0 Å². The molecule has 0 saturated carbocycles. The maximum atomic E-state index is 13.1. The van der Waals surface area contributed by atoms with Gasteiger partial charge in [0.05, 0.1) is 12.7 Å². The predicted octanol–water partition coefficient (Wildman–Crippen LogP) is 3.54. The number of nitrogens with two attached hydrogens (primary N) is 1. The van der Waals surface area contributed by atoms with Crippen molar-refractivity contribution in [2.45, 2.75) is 38.8 Å². The lowest BCUT2D eigenvalue weighted by atomic mass is 9.99. The van der Waals surface area contributed by atoms with Gasteiger partial charge in [-0.25, -0.2) is 4.79 Å². The highest BCUT2D eigenvalue weighted by Crippen LogP contribution is 2.38. The number of nitrogens with zero attached hydrogens (tertiary/aromatic N) is 1. The fourth-order valence-electron chi connectivity index (χ4n) is 2.67. The highest BCUT2D eigenvalue weighted by atomic mass is 19.1. The number of ether oxygens (including phenoxy) is 1. The predicted molar refractivity (Wildman–Crippen MR) is 80.6 cm³/mol. The van der Waals surface area contributed by atoms with E-state index in [1.807, 2.05) is 39.0 Å². The number of carbonyl (C=O) groups excluding carboxylic acids is 1. The molecule has 0 aliphatic carbocycles. The zero-order valence-corrected chi connectivity index (χ0v) is 12.8. The highest BCUT2D eigenvalue weighted by Gasteiger charge is 2.38. The molecule has 0 spiro atoms. The summed E-state index contributed by atoms with van der Waals surface area (Å²) in [6, 6.07) is 7.19. The van der Waals surface area contributed by atoms with E-state index in [-0.39, 0.29) is 12.0 Å². The molecular formula is C16H23FN2O2. The number of rotatable bonds is 2. The number of hydrogen-bond acceptors (Lipinski definition) is 3. The van der Waals surface area contributed by atoms with Crippen LogP contribution in [0.5, 0.6) is 0 Å². The minimum absolute atomic E-state index is 0.165. The largest absolute Gasteiger partial charge is 0.444 e. The van der Waals surface area contributed by atoms with Crippen molar-refractivity contribution in [2.24, 2.45) is 5.92 Å². The van der Waals surface area contributed by atoms with Crippen molar-refractivity contribution in [1.29, 1.82) is 0 Å². The van der Waals surface area contributed by atoms with Crippen LogP contribution in [0.25, 0.3) is 0 Å². The summed E-state index contributed by atoms with van der Waals surface area (Å²) in [6.07, 6.45) is 0.163. The number of hydrogen-bond donors (Lipinski definition) is 1. The Bertz CT molecular complexity index is 513. The third-order valence-electron chi connectivity index (χ3n) is 3.59. The quantitative estimate of drug-likeness (QED) is 0.849. The van der Waals surface area contributed by atoms with E-state index in [0.29, 0.717) is 18.7 Å². The Morgan fingerprint density at radius 3 is 2.67 bits per heavy atom. The molecule has 1 saturated heterocycles. The molecule has 1 amide bonds. The Morgan fingerprint density at radius 1 is 1.43 bits per heavy atom. The van der Waals surface area contributed by atoms with Gasteiger partial charge < -0.3 is 15.4 Å². The second kappa shape index (κ2) is 5.92. The summed E-state index contributed by atoms with van der Waals surface area (Å²) in [5.41, 5.74) is 6.91. The summed E-state index contributed by atoms with van der Waals surface area (Å²) in [7, 11) is 0. The fourth-order valence-corrected chi connectivity index (χ4v) is 2.67. The molecule has 4 nitrogen and oxygen atoms in total. The number of likely N-dealkylation sites (tertiary alicyclic amines) is 1. The van der Waals surface area contributed by atoms with Crippen LogP contribution in [0.3, 0.4) is 0 Å². The zero-order chi connectivity index (χ0) is 15.6. The van der Waals surface area contributed by atoms with Gasteiger partial charge in [0.1, 0.15) is 5.60 Å². The van der Waals surface area contributed by atoms with Gasteiger partial charge in [-0.1, -0.05) is 18.2 Å². The van der Waals surface area contributed by atoms with Crippen molar-refractivity contribution < 1.29 is 13.9 Å². The number of para-hydroxylation sites is 1. The number of nitrogen functional groups attached to an aromatic ring is 1. The smallest absolute Gasteiger partial charge is 0.410 e. The molecule has 0 radical (unpaired) electrons. The lowest BCUT2D eigenvalue weighted by Crippen LogP contribution is -2.37. The lowest BCUT2D eigenvalue weighted by molar-refractivity contribution is 0.0219. The number of benzene rings is 1. The molecular weight excluding hydrogens is 271 g/mol. The maximum Gasteiger partial charge on any atom is 0.410 e. The molecule has 21 heavy (non-hydrogen) atoms. The van der Waals surface area contributed by atoms with E-state index in [4.69, 9.17) is 10.5 Å². The molecule has 1 aliphatic rings.